The van der Waals surface area contributed by atoms with Gasteiger partial charge in [-0.25, -0.2) is 4.98 Å². The van der Waals surface area contributed by atoms with Gasteiger partial charge >= 0.3 is 0 Å². The van der Waals surface area contributed by atoms with E-state index in [4.69, 9.17) is 0 Å². The van der Waals surface area contributed by atoms with Crippen LogP contribution < -0.4 is 5.32 Å². The van der Waals surface area contributed by atoms with Gasteiger partial charge in [0.05, 0.1) is 12.1 Å². The second-order valence-corrected chi connectivity index (χ2v) is 4.75. The van der Waals surface area contributed by atoms with Gasteiger partial charge in [-0.15, -0.1) is 0 Å². The largest absolute Gasteiger partial charge is 0.326 e. The number of aryl methyl sites for hydroxylation is 1. The Morgan fingerprint density at radius 2 is 2.00 bits per heavy atom. The molecule has 4 nitrogen and oxygen atoms in total. The second kappa shape index (κ2) is 5.17. The minimum atomic E-state index is -0.0581. The number of hydrogen-bond acceptors (Lipinski definition) is 2. The molecule has 0 unspecified atom stereocenters. The molecule has 0 aliphatic heterocycles. The molecule has 2 aromatic heterocycles. The predicted octanol–water partition coefficient (Wildman–Crippen LogP) is 2.82. The monoisotopic (exact) mass is 265 g/mol. The van der Waals surface area contributed by atoms with Crippen molar-refractivity contribution in [3.05, 3.63) is 66.1 Å². The lowest BCUT2D eigenvalue weighted by molar-refractivity contribution is -0.115. The number of para-hydroxylation sites is 1. The summed E-state index contributed by atoms with van der Waals surface area (Å²) in [6.07, 6.45) is 4.11. The molecule has 1 N–H and O–H groups in total. The Bertz CT molecular complexity index is 747. The van der Waals surface area contributed by atoms with Crippen molar-refractivity contribution in [2.45, 2.75) is 13.3 Å². The number of carbonyl (C=O) groups is 1. The SMILES string of the molecule is Cc1cccn2cc(CC(=O)Nc3ccccc3)nc12. The van der Waals surface area contributed by atoms with Gasteiger partial charge in [-0.2, -0.15) is 0 Å². The van der Waals surface area contributed by atoms with Crippen molar-refractivity contribution < 1.29 is 4.79 Å². The molecule has 0 bridgehead atoms. The second-order valence-electron chi connectivity index (χ2n) is 4.75. The van der Waals surface area contributed by atoms with Crippen molar-refractivity contribution >= 4 is 17.2 Å². The Morgan fingerprint density at radius 3 is 2.75 bits per heavy atom. The number of nitrogens with one attached hydrogen (secondary N) is 1. The first-order valence-corrected chi connectivity index (χ1v) is 6.50. The Balaban J connectivity index is 1.76. The summed E-state index contributed by atoms with van der Waals surface area (Å²) in [5, 5.41) is 2.86. The van der Waals surface area contributed by atoms with Crippen molar-refractivity contribution in [3.63, 3.8) is 0 Å². The summed E-state index contributed by atoms with van der Waals surface area (Å²) in [7, 11) is 0. The number of nitrogens with zero attached hydrogens (tertiary/aromatic N) is 2. The molecule has 20 heavy (non-hydrogen) atoms. The number of imidazole rings is 1. The number of benzene rings is 1. The van der Waals surface area contributed by atoms with E-state index in [2.05, 4.69) is 10.3 Å². The lowest BCUT2D eigenvalue weighted by Crippen LogP contribution is -2.14. The maximum absolute atomic E-state index is 12.0. The molecule has 2 heterocycles. The molecule has 3 rings (SSSR count). The van der Waals surface area contributed by atoms with Gasteiger partial charge in [-0.3, -0.25) is 4.79 Å². The predicted molar refractivity (Wildman–Crippen MR) is 78.7 cm³/mol. The molecule has 0 atom stereocenters. The zero-order valence-corrected chi connectivity index (χ0v) is 11.2. The van der Waals surface area contributed by atoms with Gasteiger partial charge in [-0.1, -0.05) is 24.3 Å². The maximum Gasteiger partial charge on any atom is 0.230 e. The third kappa shape index (κ3) is 2.54. The van der Waals surface area contributed by atoms with Gasteiger partial charge in [0.15, 0.2) is 0 Å². The molecular weight excluding hydrogens is 250 g/mol. The highest BCUT2D eigenvalue weighted by Crippen LogP contribution is 2.11. The van der Waals surface area contributed by atoms with Crippen LogP contribution in [0.1, 0.15) is 11.3 Å². The van der Waals surface area contributed by atoms with Crippen molar-refractivity contribution in [2.75, 3.05) is 5.32 Å². The van der Waals surface area contributed by atoms with Crippen LogP contribution in [-0.2, 0) is 11.2 Å². The molecule has 0 fully saturated rings. The van der Waals surface area contributed by atoms with Crippen LogP contribution in [0.2, 0.25) is 0 Å². The van der Waals surface area contributed by atoms with Crippen LogP contribution in [-0.4, -0.2) is 15.3 Å². The van der Waals surface area contributed by atoms with E-state index in [9.17, 15) is 4.79 Å². The molecule has 0 saturated carbocycles. The van der Waals surface area contributed by atoms with Crippen LogP contribution in [0.3, 0.4) is 0 Å². The van der Waals surface area contributed by atoms with Crippen LogP contribution in [0, 0.1) is 6.92 Å². The van der Waals surface area contributed by atoms with E-state index < -0.39 is 0 Å². The fourth-order valence-corrected chi connectivity index (χ4v) is 2.18. The van der Waals surface area contributed by atoms with Crippen molar-refractivity contribution in [2.24, 2.45) is 0 Å². The van der Waals surface area contributed by atoms with Gasteiger partial charge in [0.1, 0.15) is 5.65 Å². The molecule has 100 valence electrons. The van der Waals surface area contributed by atoms with E-state index in [1.54, 1.807) is 0 Å². The van der Waals surface area contributed by atoms with Crippen molar-refractivity contribution in [1.29, 1.82) is 0 Å². The average Bonchev–Trinajstić information content (AvgIpc) is 2.83. The molecule has 4 heteroatoms. The Morgan fingerprint density at radius 1 is 1.20 bits per heavy atom. The number of anilines is 1. The molecule has 0 saturated heterocycles. The van der Waals surface area contributed by atoms with Gasteiger partial charge in [0.2, 0.25) is 5.91 Å². The smallest absolute Gasteiger partial charge is 0.230 e. The van der Waals surface area contributed by atoms with Gasteiger partial charge in [0, 0.05) is 18.1 Å². The summed E-state index contributed by atoms with van der Waals surface area (Å²) >= 11 is 0. The molecular formula is C16H15N3O. The third-order valence-corrected chi connectivity index (χ3v) is 3.13. The summed E-state index contributed by atoms with van der Waals surface area (Å²) in [4.78, 5) is 16.5. The van der Waals surface area contributed by atoms with E-state index in [1.807, 2.05) is 66.2 Å². The molecule has 0 aliphatic rings. The first kappa shape index (κ1) is 12.4. The molecule has 0 spiro atoms. The van der Waals surface area contributed by atoms with Crippen LogP contribution in [0.25, 0.3) is 5.65 Å². The van der Waals surface area contributed by atoms with Crippen LogP contribution in [0.15, 0.2) is 54.9 Å². The lowest BCUT2D eigenvalue weighted by Gasteiger charge is -2.02. The summed E-state index contributed by atoms with van der Waals surface area (Å²) in [6.45, 7) is 2.01. The summed E-state index contributed by atoms with van der Waals surface area (Å²) < 4.78 is 1.94. The highest BCUT2D eigenvalue weighted by atomic mass is 16.1. The molecule has 1 amide bonds. The topological polar surface area (TPSA) is 46.4 Å². The summed E-state index contributed by atoms with van der Waals surface area (Å²) in [5.74, 6) is -0.0581. The van der Waals surface area contributed by atoms with E-state index in [1.165, 1.54) is 0 Å². The zero-order valence-electron chi connectivity index (χ0n) is 11.2. The third-order valence-electron chi connectivity index (χ3n) is 3.13. The standard InChI is InChI=1S/C16H15N3O/c1-12-6-5-9-19-11-14(18-16(12)19)10-15(20)17-13-7-3-2-4-8-13/h2-9,11H,10H2,1H3,(H,17,20). The first-order valence-electron chi connectivity index (χ1n) is 6.50. The fraction of sp³-hybridized carbons (Fsp3) is 0.125. The Labute approximate surface area is 117 Å². The number of rotatable bonds is 3. The lowest BCUT2D eigenvalue weighted by atomic mass is 10.3. The van der Waals surface area contributed by atoms with Crippen molar-refractivity contribution in [3.8, 4) is 0 Å². The van der Waals surface area contributed by atoms with E-state index in [0.717, 1.165) is 22.6 Å². The number of fused-ring (bicyclic) bond motifs is 1. The van der Waals surface area contributed by atoms with Gasteiger partial charge in [0.25, 0.3) is 0 Å². The minimum absolute atomic E-state index is 0.0581. The summed E-state index contributed by atoms with van der Waals surface area (Å²) in [6, 6.07) is 13.4. The van der Waals surface area contributed by atoms with Crippen LogP contribution >= 0.6 is 0 Å². The average molecular weight is 265 g/mol. The van der Waals surface area contributed by atoms with E-state index in [0.29, 0.717) is 0 Å². The quantitative estimate of drug-likeness (QED) is 0.791. The van der Waals surface area contributed by atoms with Crippen molar-refractivity contribution in [1.82, 2.24) is 9.38 Å². The van der Waals surface area contributed by atoms with Gasteiger partial charge in [-0.05, 0) is 30.7 Å². The van der Waals surface area contributed by atoms with E-state index in [-0.39, 0.29) is 12.3 Å². The number of amides is 1. The first-order chi connectivity index (χ1) is 9.72. The molecule has 1 aromatic carbocycles. The number of hydrogen-bond donors (Lipinski definition) is 1. The van der Waals surface area contributed by atoms with Crippen LogP contribution in [0.5, 0.6) is 0 Å². The number of aromatic nitrogens is 2. The van der Waals surface area contributed by atoms with Crippen LogP contribution in [0.4, 0.5) is 5.69 Å². The van der Waals surface area contributed by atoms with E-state index >= 15 is 0 Å². The molecule has 0 radical (unpaired) electrons. The fourth-order valence-electron chi connectivity index (χ4n) is 2.18. The maximum atomic E-state index is 12.0. The zero-order chi connectivity index (χ0) is 13.9. The molecule has 3 aromatic rings. The highest BCUT2D eigenvalue weighted by molar-refractivity contribution is 5.92. The normalized spacial score (nSPS) is 10.7. The number of pyridine rings is 1. The minimum Gasteiger partial charge on any atom is -0.326 e. The Kier molecular flexibility index (Phi) is 3.21. The number of carbonyl (C=O) groups excluding carboxylic acids is 1. The molecule has 0 aliphatic carbocycles. The van der Waals surface area contributed by atoms with Gasteiger partial charge < -0.3 is 9.72 Å². The summed E-state index contributed by atoms with van der Waals surface area (Å²) in [5.41, 5.74) is 3.57. The highest BCUT2D eigenvalue weighted by Gasteiger charge is 2.08. The Hall–Kier alpha value is -2.62.